The fourth-order valence-electron chi connectivity index (χ4n) is 2.22. The number of rotatable bonds is 3. The van der Waals surface area contributed by atoms with Gasteiger partial charge in [0.15, 0.2) is 0 Å². The van der Waals surface area contributed by atoms with Crippen molar-refractivity contribution < 1.29 is 14.6 Å². The molecule has 2 aromatic heterocycles. The maximum Gasteiger partial charge on any atom is 0.338 e. The van der Waals surface area contributed by atoms with E-state index in [1.54, 1.807) is 30.5 Å². The Hall–Kier alpha value is -2.82. The van der Waals surface area contributed by atoms with Crippen LogP contribution in [0.2, 0.25) is 0 Å². The van der Waals surface area contributed by atoms with Crippen LogP contribution in [0.25, 0.3) is 5.65 Å². The number of aromatic nitrogens is 2. The van der Waals surface area contributed by atoms with Crippen LogP contribution in [0.3, 0.4) is 0 Å². The number of pyridine rings is 1. The monoisotopic (exact) mass is 282 g/mol. The first-order valence-corrected chi connectivity index (χ1v) is 6.50. The van der Waals surface area contributed by atoms with Crippen molar-refractivity contribution >= 4 is 11.6 Å². The number of methoxy groups -OCH3 is 1. The zero-order chi connectivity index (χ0) is 14.8. The van der Waals surface area contributed by atoms with Crippen molar-refractivity contribution in [1.82, 2.24) is 9.38 Å². The Morgan fingerprint density at radius 2 is 2.14 bits per heavy atom. The van der Waals surface area contributed by atoms with Gasteiger partial charge < -0.3 is 14.2 Å². The Kier molecular flexibility index (Phi) is 3.31. The average molecular weight is 282 g/mol. The van der Waals surface area contributed by atoms with Crippen molar-refractivity contribution in [2.24, 2.45) is 0 Å². The molecule has 5 nitrogen and oxygen atoms in total. The van der Waals surface area contributed by atoms with Gasteiger partial charge >= 0.3 is 5.97 Å². The van der Waals surface area contributed by atoms with Crippen molar-refractivity contribution in [3.05, 3.63) is 65.6 Å². The molecule has 1 aromatic carbocycles. The molecule has 0 radical (unpaired) electrons. The third kappa shape index (κ3) is 2.58. The number of fused-ring (bicyclic) bond motifs is 1. The highest BCUT2D eigenvalue weighted by molar-refractivity contribution is 5.90. The van der Waals surface area contributed by atoms with E-state index < -0.39 is 0 Å². The summed E-state index contributed by atoms with van der Waals surface area (Å²) in [4.78, 5) is 16.0. The maximum atomic E-state index is 11.5. The molecule has 0 fully saturated rings. The van der Waals surface area contributed by atoms with Crippen molar-refractivity contribution in [3.63, 3.8) is 0 Å². The molecule has 2 heterocycles. The van der Waals surface area contributed by atoms with E-state index in [0.717, 1.165) is 11.3 Å². The molecule has 0 saturated heterocycles. The van der Waals surface area contributed by atoms with E-state index >= 15 is 0 Å². The largest absolute Gasteiger partial charge is 0.508 e. The molecule has 5 heteroatoms. The van der Waals surface area contributed by atoms with E-state index in [1.807, 2.05) is 22.7 Å². The average Bonchev–Trinajstić information content (AvgIpc) is 2.90. The van der Waals surface area contributed by atoms with Crippen LogP contribution < -0.4 is 0 Å². The number of aromatic hydroxyl groups is 1. The van der Waals surface area contributed by atoms with Crippen LogP contribution in [0.15, 0.2) is 48.8 Å². The van der Waals surface area contributed by atoms with Crippen LogP contribution in [0.1, 0.15) is 21.6 Å². The first kappa shape index (κ1) is 13.2. The second-order valence-electron chi connectivity index (χ2n) is 4.71. The number of phenolic OH excluding ortho intramolecular Hbond substituents is 1. The van der Waals surface area contributed by atoms with Crippen LogP contribution in [-0.4, -0.2) is 27.6 Å². The number of imidazole rings is 1. The molecule has 3 rings (SSSR count). The summed E-state index contributed by atoms with van der Waals surface area (Å²) in [5.41, 5.74) is 2.76. The number of phenols is 1. The summed E-state index contributed by atoms with van der Waals surface area (Å²) in [6.07, 6.45) is 4.17. The lowest BCUT2D eigenvalue weighted by atomic mass is 10.1. The van der Waals surface area contributed by atoms with Crippen molar-refractivity contribution in [1.29, 1.82) is 0 Å². The van der Waals surface area contributed by atoms with Gasteiger partial charge in [-0.05, 0) is 23.8 Å². The SMILES string of the molecule is COC(=O)c1ccn2cc(Cc3ccccc3O)nc2c1. The number of hydrogen-bond acceptors (Lipinski definition) is 4. The first-order chi connectivity index (χ1) is 10.2. The van der Waals surface area contributed by atoms with E-state index in [4.69, 9.17) is 4.74 Å². The van der Waals surface area contributed by atoms with E-state index in [0.29, 0.717) is 17.6 Å². The normalized spacial score (nSPS) is 10.7. The standard InChI is InChI=1S/C16H14N2O3/c1-21-16(20)12-6-7-18-10-13(17-15(18)9-12)8-11-4-2-3-5-14(11)19/h2-7,9-10,19H,8H2,1H3. The van der Waals surface area contributed by atoms with Gasteiger partial charge in [0.1, 0.15) is 11.4 Å². The van der Waals surface area contributed by atoms with Crippen molar-refractivity contribution in [2.75, 3.05) is 7.11 Å². The summed E-state index contributed by atoms with van der Waals surface area (Å²) in [7, 11) is 1.35. The Morgan fingerprint density at radius 1 is 1.33 bits per heavy atom. The molecule has 0 amide bonds. The number of esters is 1. The number of benzene rings is 1. The third-order valence-corrected chi connectivity index (χ3v) is 3.29. The van der Waals surface area contributed by atoms with Crippen LogP contribution in [-0.2, 0) is 11.2 Å². The van der Waals surface area contributed by atoms with E-state index in [9.17, 15) is 9.90 Å². The van der Waals surface area contributed by atoms with Gasteiger partial charge in [0, 0.05) is 18.8 Å². The number of nitrogens with zero attached hydrogens (tertiary/aromatic N) is 2. The highest BCUT2D eigenvalue weighted by Crippen LogP contribution is 2.20. The second-order valence-corrected chi connectivity index (χ2v) is 4.71. The van der Waals surface area contributed by atoms with Crippen molar-refractivity contribution in [3.8, 4) is 5.75 Å². The predicted molar refractivity (Wildman–Crippen MR) is 77.4 cm³/mol. The molecule has 0 aliphatic carbocycles. The van der Waals surface area contributed by atoms with Gasteiger partial charge in [-0.1, -0.05) is 18.2 Å². The minimum atomic E-state index is -0.386. The molecule has 0 aliphatic rings. The zero-order valence-electron chi connectivity index (χ0n) is 11.5. The lowest BCUT2D eigenvalue weighted by Gasteiger charge is -2.00. The highest BCUT2D eigenvalue weighted by Gasteiger charge is 2.09. The second kappa shape index (κ2) is 5.28. The van der Waals surface area contributed by atoms with Crippen LogP contribution >= 0.6 is 0 Å². The Bertz CT molecular complexity index is 808. The van der Waals surface area contributed by atoms with Crippen LogP contribution in [0.5, 0.6) is 5.75 Å². The summed E-state index contributed by atoms with van der Waals surface area (Å²) in [6, 6.07) is 10.5. The topological polar surface area (TPSA) is 63.8 Å². The Labute approximate surface area is 121 Å². The molecular weight excluding hydrogens is 268 g/mol. The van der Waals surface area contributed by atoms with Gasteiger partial charge in [0.2, 0.25) is 0 Å². The van der Waals surface area contributed by atoms with Gasteiger partial charge in [-0.3, -0.25) is 0 Å². The molecular formula is C16H14N2O3. The van der Waals surface area contributed by atoms with E-state index in [1.165, 1.54) is 7.11 Å². The number of carbonyl (C=O) groups excluding carboxylic acids is 1. The lowest BCUT2D eigenvalue weighted by Crippen LogP contribution is -2.01. The molecule has 1 N–H and O–H groups in total. The van der Waals surface area contributed by atoms with E-state index in [2.05, 4.69) is 4.98 Å². The molecule has 0 atom stereocenters. The number of hydrogen-bond donors (Lipinski definition) is 1. The van der Waals surface area contributed by atoms with Gasteiger partial charge in [-0.25, -0.2) is 9.78 Å². The van der Waals surface area contributed by atoms with E-state index in [-0.39, 0.29) is 11.7 Å². The highest BCUT2D eigenvalue weighted by atomic mass is 16.5. The maximum absolute atomic E-state index is 11.5. The predicted octanol–water partition coefficient (Wildman–Crippen LogP) is 2.42. The third-order valence-electron chi connectivity index (χ3n) is 3.29. The van der Waals surface area contributed by atoms with Gasteiger partial charge in [-0.2, -0.15) is 0 Å². The smallest absolute Gasteiger partial charge is 0.338 e. The zero-order valence-corrected chi connectivity index (χ0v) is 11.5. The molecule has 0 saturated carbocycles. The molecule has 106 valence electrons. The molecule has 0 aliphatic heterocycles. The fourth-order valence-corrected chi connectivity index (χ4v) is 2.22. The number of para-hydroxylation sites is 1. The first-order valence-electron chi connectivity index (χ1n) is 6.50. The summed E-state index contributed by atoms with van der Waals surface area (Å²) in [5, 5.41) is 9.80. The minimum absolute atomic E-state index is 0.254. The molecule has 0 bridgehead atoms. The minimum Gasteiger partial charge on any atom is -0.508 e. The molecule has 0 spiro atoms. The summed E-state index contributed by atoms with van der Waals surface area (Å²) < 4.78 is 6.53. The van der Waals surface area contributed by atoms with Crippen LogP contribution in [0.4, 0.5) is 0 Å². The number of carbonyl (C=O) groups is 1. The molecule has 0 unspecified atom stereocenters. The number of ether oxygens (including phenoxy) is 1. The lowest BCUT2D eigenvalue weighted by molar-refractivity contribution is 0.0600. The van der Waals surface area contributed by atoms with Gasteiger partial charge in [-0.15, -0.1) is 0 Å². The quantitative estimate of drug-likeness (QED) is 0.749. The summed E-state index contributed by atoms with van der Waals surface area (Å²) >= 11 is 0. The van der Waals surface area contributed by atoms with Gasteiger partial charge in [0.25, 0.3) is 0 Å². The van der Waals surface area contributed by atoms with Crippen molar-refractivity contribution in [2.45, 2.75) is 6.42 Å². The molecule has 21 heavy (non-hydrogen) atoms. The Morgan fingerprint density at radius 3 is 2.90 bits per heavy atom. The fraction of sp³-hybridized carbons (Fsp3) is 0.125. The summed E-state index contributed by atoms with van der Waals surface area (Å²) in [5.74, 6) is -0.132. The summed E-state index contributed by atoms with van der Waals surface area (Å²) in [6.45, 7) is 0. The van der Waals surface area contributed by atoms with Crippen LogP contribution in [0, 0.1) is 0 Å². The molecule has 3 aromatic rings. The Balaban J connectivity index is 1.94. The van der Waals surface area contributed by atoms with Gasteiger partial charge in [0.05, 0.1) is 18.4 Å².